The zero-order chi connectivity index (χ0) is 20.1. The van der Waals surface area contributed by atoms with Gasteiger partial charge in [-0.3, -0.25) is 9.79 Å². The van der Waals surface area contributed by atoms with E-state index < -0.39 is 5.91 Å². The lowest BCUT2D eigenvalue weighted by atomic mass is 10.1. The van der Waals surface area contributed by atoms with Crippen molar-refractivity contribution in [3.63, 3.8) is 0 Å². The molecule has 1 amide bonds. The number of hydrogen-bond acceptors (Lipinski definition) is 6. The first-order valence-electron chi connectivity index (χ1n) is 8.56. The first-order chi connectivity index (χ1) is 13.5. The molecule has 1 aromatic heterocycles. The van der Waals surface area contributed by atoms with Gasteiger partial charge in [0.1, 0.15) is 11.5 Å². The zero-order valence-electron chi connectivity index (χ0n) is 15.5. The summed E-state index contributed by atoms with van der Waals surface area (Å²) in [6.07, 6.45) is 1.69. The molecule has 0 saturated carbocycles. The van der Waals surface area contributed by atoms with Gasteiger partial charge in [0.2, 0.25) is 4.80 Å². The number of rotatable bonds is 6. The summed E-state index contributed by atoms with van der Waals surface area (Å²) >= 11 is 1.43. The van der Waals surface area contributed by atoms with Crippen LogP contribution in [0.4, 0.5) is 0 Å². The van der Waals surface area contributed by atoms with Crippen LogP contribution >= 0.6 is 11.3 Å². The summed E-state index contributed by atoms with van der Waals surface area (Å²) in [6.45, 7) is 2.55. The predicted octanol–water partition coefficient (Wildman–Crippen LogP) is 2.83. The Kier molecular flexibility index (Phi) is 5.90. The Hall–Kier alpha value is -3.39. The number of phenols is 1. The number of ether oxygens (including phenoxy) is 1. The maximum Gasteiger partial charge on any atom is 0.252 e. The maximum atomic E-state index is 11.6. The molecule has 3 N–H and O–H groups in total. The van der Waals surface area contributed by atoms with Crippen LogP contribution < -0.4 is 15.3 Å². The average Bonchev–Trinajstić information content (AvgIpc) is 3.09. The van der Waals surface area contributed by atoms with E-state index in [-0.39, 0.29) is 11.3 Å². The van der Waals surface area contributed by atoms with Gasteiger partial charge in [0.25, 0.3) is 5.91 Å². The summed E-state index contributed by atoms with van der Waals surface area (Å²) in [5.41, 5.74) is 7.65. The predicted molar refractivity (Wildman–Crippen MR) is 110 cm³/mol. The van der Waals surface area contributed by atoms with Crippen LogP contribution in [0.25, 0.3) is 11.3 Å². The molecule has 0 saturated heterocycles. The van der Waals surface area contributed by atoms with Crippen LogP contribution in [0.3, 0.4) is 0 Å². The quantitative estimate of drug-likeness (QED) is 0.626. The molecule has 0 aliphatic heterocycles. The lowest BCUT2D eigenvalue weighted by Gasteiger charge is -2.07. The third kappa shape index (κ3) is 3.96. The molecule has 0 aliphatic rings. The lowest BCUT2D eigenvalue weighted by molar-refractivity contribution is 0.0998. The summed E-state index contributed by atoms with van der Waals surface area (Å²) in [7, 11) is 1.61. The number of benzene rings is 2. The van der Waals surface area contributed by atoms with Gasteiger partial charge in [0.05, 0.1) is 24.6 Å². The Balaban J connectivity index is 2.13. The van der Waals surface area contributed by atoms with Crippen molar-refractivity contribution >= 4 is 23.5 Å². The van der Waals surface area contributed by atoms with Crippen LogP contribution in [-0.2, 0) is 0 Å². The highest BCUT2D eigenvalue weighted by molar-refractivity contribution is 7.07. The summed E-state index contributed by atoms with van der Waals surface area (Å²) in [4.78, 5) is 16.8. The molecular formula is C20H20N4O3S. The average molecular weight is 396 g/mol. The molecule has 0 aliphatic carbocycles. The van der Waals surface area contributed by atoms with Crippen molar-refractivity contribution in [2.24, 2.45) is 15.8 Å². The zero-order valence-corrected chi connectivity index (χ0v) is 16.3. The monoisotopic (exact) mass is 396 g/mol. The second kappa shape index (κ2) is 8.53. The Labute approximate surface area is 166 Å². The molecule has 0 spiro atoms. The first kappa shape index (κ1) is 19.4. The molecule has 0 unspecified atom stereocenters. The number of nitrogens with two attached hydrogens (primary N) is 1. The third-order valence-electron chi connectivity index (χ3n) is 3.99. The van der Waals surface area contributed by atoms with Crippen LogP contribution in [0, 0.1) is 0 Å². The molecule has 2 aromatic carbocycles. The van der Waals surface area contributed by atoms with Gasteiger partial charge in [0.15, 0.2) is 0 Å². The number of carbonyl (C=O) groups excluding carboxylic acids is 1. The number of aromatic hydroxyl groups is 1. The van der Waals surface area contributed by atoms with E-state index in [0.29, 0.717) is 22.7 Å². The van der Waals surface area contributed by atoms with Crippen molar-refractivity contribution < 1.29 is 14.6 Å². The number of para-hydroxylation sites is 1. The number of carbonyl (C=O) groups is 1. The molecule has 8 heteroatoms. The Morgan fingerprint density at radius 1 is 1.32 bits per heavy atom. The highest BCUT2D eigenvalue weighted by atomic mass is 32.1. The number of primary amides is 1. The van der Waals surface area contributed by atoms with E-state index in [0.717, 1.165) is 11.3 Å². The Morgan fingerprint density at radius 2 is 2.11 bits per heavy atom. The third-order valence-corrected chi connectivity index (χ3v) is 4.84. The minimum Gasteiger partial charge on any atom is -0.507 e. The molecule has 144 valence electrons. The van der Waals surface area contributed by atoms with Gasteiger partial charge in [-0.1, -0.05) is 12.1 Å². The SMILES string of the molecule is CCN=c1scc(-c2ccc(O)c(C(N)=O)c2)n1/N=C/c1ccccc1OC. The minimum atomic E-state index is -0.697. The van der Waals surface area contributed by atoms with Crippen molar-refractivity contribution in [1.82, 2.24) is 4.68 Å². The summed E-state index contributed by atoms with van der Waals surface area (Å²) < 4.78 is 7.05. The lowest BCUT2D eigenvalue weighted by Crippen LogP contribution is -2.13. The van der Waals surface area contributed by atoms with E-state index in [1.165, 1.54) is 17.4 Å². The number of aromatic nitrogens is 1. The summed E-state index contributed by atoms with van der Waals surface area (Å²) in [5.74, 6) is -0.149. The molecule has 3 aromatic rings. The second-order valence-electron chi connectivity index (χ2n) is 5.77. The van der Waals surface area contributed by atoms with E-state index in [9.17, 15) is 9.90 Å². The standard InChI is InChI=1S/C20H20N4O3S/c1-3-22-20-24(23-11-14-6-4-5-7-18(14)27-2)16(12-28-20)13-8-9-17(25)15(10-13)19(21)26/h4-12,25H,3H2,1-2H3,(H2,21,26)/b22-20?,23-11+. The van der Waals surface area contributed by atoms with E-state index in [1.807, 2.05) is 36.6 Å². The molecule has 0 bridgehead atoms. The number of nitrogens with zero attached hydrogens (tertiary/aromatic N) is 3. The van der Waals surface area contributed by atoms with Gasteiger partial charge >= 0.3 is 0 Å². The molecule has 0 fully saturated rings. The van der Waals surface area contributed by atoms with Crippen molar-refractivity contribution in [2.75, 3.05) is 13.7 Å². The fourth-order valence-corrected chi connectivity index (χ4v) is 3.54. The number of thiazole rings is 1. The normalized spacial score (nSPS) is 11.9. The molecule has 28 heavy (non-hydrogen) atoms. The number of hydrogen-bond donors (Lipinski definition) is 2. The summed E-state index contributed by atoms with van der Waals surface area (Å²) in [6, 6.07) is 12.2. The highest BCUT2D eigenvalue weighted by Gasteiger charge is 2.13. The van der Waals surface area contributed by atoms with Crippen LogP contribution in [0.1, 0.15) is 22.8 Å². The van der Waals surface area contributed by atoms with E-state index in [4.69, 9.17) is 10.5 Å². The summed E-state index contributed by atoms with van der Waals surface area (Å²) in [5, 5.41) is 16.3. The van der Waals surface area contributed by atoms with E-state index in [2.05, 4.69) is 10.1 Å². The van der Waals surface area contributed by atoms with Gasteiger partial charge in [-0.25, -0.2) is 4.68 Å². The maximum absolute atomic E-state index is 11.6. The van der Waals surface area contributed by atoms with Gasteiger partial charge in [-0.2, -0.15) is 5.10 Å². The van der Waals surface area contributed by atoms with E-state index >= 15 is 0 Å². The topological polar surface area (TPSA) is 102 Å². The van der Waals surface area contributed by atoms with Gasteiger partial charge in [-0.15, -0.1) is 11.3 Å². The Bertz CT molecular complexity index is 1100. The van der Waals surface area contributed by atoms with Gasteiger partial charge in [0, 0.05) is 23.1 Å². The van der Waals surface area contributed by atoms with Crippen molar-refractivity contribution in [2.45, 2.75) is 6.92 Å². The van der Waals surface area contributed by atoms with Crippen molar-refractivity contribution in [3.05, 3.63) is 63.8 Å². The Morgan fingerprint density at radius 3 is 2.82 bits per heavy atom. The van der Waals surface area contributed by atoms with Crippen molar-refractivity contribution in [3.8, 4) is 22.8 Å². The van der Waals surface area contributed by atoms with E-state index in [1.54, 1.807) is 30.1 Å². The van der Waals surface area contributed by atoms with Crippen LogP contribution in [0.15, 0.2) is 57.9 Å². The minimum absolute atomic E-state index is 0.0536. The number of amides is 1. The fourth-order valence-electron chi connectivity index (χ4n) is 2.64. The van der Waals surface area contributed by atoms with Gasteiger partial charge in [-0.05, 0) is 37.3 Å². The fraction of sp³-hybridized carbons (Fsp3) is 0.150. The largest absolute Gasteiger partial charge is 0.507 e. The van der Waals surface area contributed by atoms with Crippen LogP contribution in [-0.4, -0.2) is 35.6 Å². The molecule has 0 radical (unpaired) electrons. The van der Waals surface area contributed by atoms with Crippen molar-refractivity contribution in [1.29, 1.82) is 0 Å². The number of methoxy groups -OCH3 is 1. The smallest absolute Gasteiger partial charge is 0.252 e. The molecule has 3 rings (SSSR count). The molecule has 7 nitrogen and oxygen atoms in total. The molecular weight excluding hydrogens is 376 g/mol. The van der Waals surface area contributed by atoms with Gasteiger partial charge < -0.3 is 15.6 Å². The van der Waals surface area contributed by atoms with Crippen LogP contribution in [0.2, 0.25) is 0 Å². The second-order valence-corrected chi connectivity index (χ2v) is 6.61. The highest BCUT2D eigenvalue weighted by Crippen LogP contribution is 2.26. The first-order valence-corrected chi connectivity index (χ1v) is 9.44. The molecule has 0 atom stereocenters. The molecule has 1 heterocycles. The van der Waals surface area contributed by atoms with Crippen LogP contribution in [0.5, 0.6) is 11.5 Å².